The van der Waals surface area contributed by atoms with E-state index in [1.54, 1.807) is 0 Å². The third kappa shape index (κ3) is 4.32. The summed E-state index contributed by atoms with van der Waals surface area (Å²) in [6, 6.07) is 5.75. The molecule has 1 aromatic carbocycles. The Hall–Kier alpha value is -0.870. The van der Waals surface area contributed by atoms with Gasteiger partial charge in [-0.15, -0.1) is 0 Å². The molecule has 0 heterocycles. The Kier molecular flexibility index (Phi) is 6.21. The fourth-order valence-electron chi connectivity index (χ4n) is 2.11. The normalized spacial score (nSPS) is 11.5. The molecular weight excluding hydrogens is 316 g/mol. The minimum absolute atomic E-state index is 0.0647. The van der Waals surface area contributed by atoms with Gasteiger partial charge < -0.3 is 10.6 Å². The SMILES string of the molecule is CCCN(CC(C)(C)CN)C(=O)c1cccc(Br)c1C. The fraction of sp³-hybridized carbons (Fsp3) is 0.562. The maximum absolute atomic E-state index is 12.8. The summed E-state index contributed by atoms with van der Waals surface area (Å²) in [5, 5.41) is 0. The maximum atomic E-state index is 12.8. The van der Waals surface area contributed by atoms with Crippen molar-refractivity contribution in [3.8, 4) is 0 Å². The van der Waals surface area contributed by atoms with Crippen molar-refractivity contribution in [3.05, 3.63) is 33.8 Å². The summed E-state index contributed by atoms with van der Waals surface area (Å²) in [5.74, 6) is 0.0900. The minimum Gasteiger partial charge on any atom is -0.338 e. The third-order valence-corrected chi connectivity index (χ3v) is 4.31. The molecule has 0 aliphatic carbocycles. The van der Waals surface area contributed by atoms with Crippen LogP contribution in [0.4, 0.5) is 0 Å². The summed E-state index contributed by atoms with van der Waals surface area (Å²) in [6.07, 6.45) is 0.944. The van der Waals surface area contributed by atoms with Gasteiger partial charge in [0, 0.05) is 23.1 Å². The summed E-state index contributed by atoms with van der Waals surface area (Å²) in [6.45, 7) is 10.3. The van der Waals surface area contributed by atoms with Gasteiger partial charge in [-0.1, -0.05) is 42.8 Å². The first-order valence-electron chi connectivity index (χ1n) is 7.07. The first kappa shape index (κ1) is 17.2. The molecule has 0 fully saturated rings. The quantitative estimate of drug-likeness (QED) is 0.859. The van der Waals surface area contributed by atoms with Crippen LogP contribution in [-0.2, 0) is 0 Å². The highest BCUT2D eigenvalue weighted by molar-refractivity contribution is 9.10. The van der Waals surface area contributed by atoms with E-state index in [2.05, 4.69) is 36.7 Å². The van der Waals surface area contributed by atoms with Crippen LogP contribution in [0.25, 0.3) is 0 Å². The van der Waals surface area contributed by atoms with E-state index in [1.807, 2.05) is 30.0 Å². The lowest BCUT2D eigenvalue weighted by Gasteiger charge is -2.32. The molecule has 0 saturated carbocycles. The van der Waals surface area contributed by atoms with Gasteiger partial charge in [0.15, 0.2) is 0 Å². The van der Waals surface area contributed by atoms with Crippen LogP contribution in [0.1, 0.15) is 43.1 Å². The second-order valence-electron chi connectivity index (χ2n) is 6.01. The summed E-state index contributed by atoms with van der Waals surface area (Å²) in [4.78, 5) is 14.7. The molecule has 4 heteroatoms. The first-order valence-corrected chi connectivity index (χ1v) is 7.86. The number of rotatable bonds is 6. The molecule has 0 unspecified atom stereocenters. The molecule has 0 radical (unpaired) electrons. The van der Waals surface area contributed by atoms with Gasteiger partial charge in [0.25, 0.3) is 5.91 Å². The summed E-state index contributed by atoms with van der Waals surface area (Å²) in [7, 11) is 0. The Morgan fingerprint density at radius 1 is 1.40 bits per heavy atom. The lowest BCUT2D eigenvalue weighted by atomic mass is 9.92. The van der Waals surface area contributed by atoms with Gasteiger partial charge in [0.05, 0.1) is 0 Å². The summed E-state index contributed by atoms with van der Waals surface area (Å²) >= 11 is 3.49. The highest BCUT2D eigenvalue weighted by atomic mass is 79.9. The van der Waals surface area contributed by atoms with E-state index < -0.39 is 0 Å². The van der Waals surface area contributed by atoms with Crippen LogP contribution >= 0.6 is 15.9 Å². The second kappa shape index (κ2) is 7.23. The molecule has 3 nitrogen and oxygen atoms in total. The van der Waals surface area contributed by atoms with E-state index in [0.29, 0.717) is 13.1 Å². The molecule has 0 bridgehead atoms. The van der Waals surface area contributed by atoms with Gasteiger partial charge in [-0.3, -0.25) is 4.79 Å². The third-order valence-electron chi connectivity index (χ3n) is 3.45. The molecule has 0 saturated heterocycles. The van der Waals surface area contributed by atoms with Crippen molar-refractivity contribution in [2.24, 2.45) is 11.1 Å². The Balaban J connectivity index is 3.02. The van der Waals surface area contributed by atoms with E-state index in [-0.39, 0.29) is 11.3 Å². The molecule has 0 aromatic heterocycles. The topological polar surface area (TPSA) is 46.3 Å². The number of hydrogen-bond donors (Lipinski definition) is 1. The van der Waals surface area contributed by atoms with Crippen LogP contribution in [0.15, 0.2) is 22.7 Å². The number of nitrogens with two attached hydrogens (primary N) is 1. The molecule has 0 aliphatic rings. The average Bonchev–Trinajstić information content (AvgIpc) is 2.40. The van der Waals surface area contributed by atoms with Crippen molar-refractivity contribution < 1.29 is 4.79 Å². The Morgan fingerprint density at radius 3 is 2.60 bits per heavy atom. The summed E-state index contributed by atoms with van der Waals surface area (Å²) in [5.41, 5.74) is 7.49. The number of carbonyl (C=O) groups is 1. The largest absolute Gasteiger partial charge is 0.338 e. The molecule has 0 spiro atoms. The number of hydrogen-bond acceptors (Lipinski definition) is 2. The summed E-state index contributed by atoms with van der Waals surface area (Å²) < 4.78 is 0.970. The molecule has 2 N–H and O–H groups in total. The molecule has 1 aromatic rings. The van der Waals surface area contributed by atoms with Crippen LogP contribution in [-0.4, -0.2) is 30.4 Å². The van der Waals surface area contributed by atoms with Crippen molar-refractivity contribution in [1.82, 2.24) is 4.90 Å². The lowest BCUT2D eigenvalue weighted by Crippen LogP contribution is -2.42. The van der Waals surface area contributed by atoms with Crippen molar-refractivity contribution >= 4 is 21.8 Å². The van der Waals surface area contributed by atoms with Gasteiger partial charge in [-0.05, 0) is 43.0 Å². The molecule has 0 aliphatic heterocycles. The monoisotopic (exact) mass is 340 g/mol. The number of carbonyl (C=O) groups excluding carboxylic acids is 1. The van der Waals surface area contributed by atoms with E-state index in [4.69, 9.17) is 5.73 Å². The van der Waals surface area contributed by atoms with Crippen molar-refractivity contribution in [1.29, 1.82) is 0 Å². The first-order chi connectivity index (χ1) is 9.32. The van der Waals surface area contributed by atoms with Gasteiger partial charge in [0.1, 0.15) is 0 Å². The molecule has 1 amide bonds. The second-order valence-corrected chi connectivity index (χ2v) is 6.86. The van der Waals surface area contributed by atoms with Crippen LogP contribution < -0.4 is 5.73 Å². The standard InChI is InChI=1S/C16H25BrN2O/c1-5-9-19(11-16(3,4)10-18)15(20)13-7-6-8-14(17)12(13)2/h6-8H,5,9-11,18H2,1-4H3. The van der Waals surface area contributed by atoms with Gasteiger partial charge in [-0.2, -0.15) is 0 Å². The van der Waals surface area contributed by atoms with Crippen molar-refractivity contribution in [2.45, 2.75) is 34.1 Å². The number of halogens is 1. The van der Waals surface area contributed by atoms with Gasteiger partial charge in [-0.25, -0.2) is 0 Å². The molecule has 0 atom stereocenters. The van der Waals surface area contributed by atoms with E-state index in [0.717, 1.165) is 28.6 Å². The zero-order chi connectivity index (χ0) is 15.3. The minimum atomic E-state index is -0.0647. The molecule has 1 rings (SSSR count). The zero-order valence-corrected chi connectivity index (χ0v) is 14.5. The number of nitrogens with zero attached hydrogens (tertiary/aromatic N) is 1. The fourth-order valence-corrected chi connectivity index (χ4v) is 2.48. The zero-order valence-electron chi connectivity index (χ0n) is 12.9. The van der Waals surface area contributed by atoms with Crippen LogP contribution in [0.5, 0.6) is 0 Å². The van der Waals surface area contributed by atoms with Crippen LogP contribution in [0.2, 0.25) is 0 Å². The lowest BCUT2D eigenvalue weighted by molar-refractivity contribution is 0.0688. The van der Waals surface area contributed by atoms with Crippen LogP contribution in [0, 0.1) is 12.3 Å². The maximum Gasteiger partial charge on any atom is 0.254 e. The highest BCUT2D eigenvalue weighted by Crippen LogP contribution is 2.23. The molecule has 112 valence electrons. The van der Waals surface area contributed by atoms with E-state index in [1.165, 1.54) is 0 Å². The number of amides is 1. The van der Waals surface area contributed by atoms with E-state index >= 15 is 0 Å². The van der Waals surface area contributed by atoms with Gasteiger partial charge >= 0.3 is 0 Å². The Morgan fingerprint density at radius 2 is 2.05 bits per heavy atom. The number of benzene rings is 1. The Labute approximate surface area is 130 Å². The highest BCUT2D eigenvalue weighted by Gasteiger charge is 2.25. The smallest absolute Gasteiger partial charge is 0.254 e. The Bertz CT molecular complexity index is 472. The van der Waals surface area contributed by atoms with Crippen LogP contribution in [0.3, 0.4) is 0 Å². The van der Waals surface area contributed by atoms with Crippen molar-refractivity contribution in [2.75, 3.05) is 19.6 Å². The molecule has 20 heavy (non-hydrogen) atoms. The van der Waals surface area contributed by atoms with Crippen molar-refractivity contribution in [3.63, 3.8) is 0 Å². The molecular formula is C16H25BrN2O. The van der Waals surface area contributed by atoms with Gasteiger partial charge in [0.2, 0.25) is 0 Å². The van der Waals surface area contributed by atoms with E-state index in [9.17, 15) is 4.79 Å². The average molecular weight is 341 g/mol. The predicted molar refractivity (Wildman–Crippen MR) is 87.9 cm³/mol. The predicted octanol–water partition coefficient (Wildman–Crippen LogP) is 3.59.